The molecule has 0 aliphatic carbocycles. The summed E-state index contributed by atoms with van der Waals surface area (Å²) < 4.78 is 43.8. The van der Waals surface area contributed by atoms with Gasteiger partial charge >= 0.3 is 6.36 Å². The Morgan fingerprint density at radius 3 is 2.32 bits per heavy atom. The van der Waals surface area contributed by atoms with Crippen molar-refractivity contribution in [2.75, 3.05) is 13.2 Å². The topological polar surface area (TPSA) is 38.7 Å². The van der Waals surface area contributed by atoms with Crippen LogP contribution in [-0.4, -0.2) is 30.8 Å². The summed E-state index contributed by atoms with van der Waals surface area (Å²) in [6, 6.07) is 7.01. The van der Waals surface area contributed by atoms with Gasteiger partial charge in [-0.1, -0.05) is 12.1 Å². The molecule has 0 heterocycles. The molecule has 0 saturated heterocycles. The fourth-order valence-electron chi connectivity index (χ4n) is 1.44. The number of hydrogen-bond donors (Lipinski definition) is 1. The van der Waals surface area contributed by atoms with Gasteiger partial charge in [0.25, 0.3) is 0 Å². The molecule has 0 saturated carbocycles. The summed E-state index contributed by atoms with van der Waals surface area (Å²) in [5.74, 6) is 0.492. The Hall–Kier alpha value is -1.27. The zero-order chi connectivity index (χ0) is 14.3. The summed E-state index contributed by atoms with van der Waals surface area (Å²) in [4.78, 5) is 0. The first-order valence-corrected chi connectivity index (χ1v) is 5.97. The Labute approximate surface area is 110 Å². The monoisotopic (exact) mass is 278 g/mol. The molecule has 1 aromatic carbocycles. The van der Waals surface area contributed by atoms with Crippen molar-refractivity contribution in [1.29, 1.82) is 0 Å². The number of rotatable bonds is 7. The first-order valence-electron chi connectivity index (χ1n) is 5.97. The van der Waals surface area contributed by atoms with Crippen LogP contribution in [0.1, 0.15) is 18.9 Å². The van der Waals surface area contributed by atoms with Gasteiger partial charge in [0, 0.05) is 0 Å². The van der Waals surface area contributed by atoms with Gasteiger partial charge in [-0.25, -0.2) is 0 Å². The largest absolute Gasteiger partial charge is 0.522 e. The Morgan fingerprint density at radius 2 is 1.79 bits per heavy atom. The van der Waals surface area contributed by atoms with Crippen LogP contribution in [0.2, 0.25) is 0 Å². The highest BCUT2D eigenvalue weighted by Crippen LogP contribution is 2.17. The Bertz CT molecular complexity index is 360. The Kier molecular flexibility index (Phi) is 6.11. The van der Waals surface area contributed by atoms with E-state index >= 15 is 0 Å². The summed E-state index contributed by atoms with van der Waals surface area (Å²) in [6.07, 6.45) is -3.56. The number of aryl methyl sites for hydroxylation is 1. The maximum Gasteiger partial charge on any atom is 0.522 e. The number of alkyl halides is 3. The highest BCUT2D eigenvalue weighted by atomic mass is 19.4. The average molecular weight is 278 g/mol. The van der Waals surface area contributed by atoms with Crippen LogP contribution >= 0.6 is 0 Å². The predicted octanol–water partition coefficient (Wildman–Crippen LogP) is 2.92. The third-order valence-electron chi connectivity index (χ3n) is 2.39. The minimum Gasteiger partial charge on any atom is -0.491 e. The van der Waals surface area contributed by atoms with E-state index in [1.165, 1.54) is 0 Å². The van der Waals surface area contributed by atoms with Crippen LogP contribution in [0.3, 0.4) is 0 Å². The third kappa shape index (κ3) is 7.69. The highest BCUT2D eigenvalue weighted by Gasteiger charge is 2.28. The van der Waals surface area contributed by atoms with Gasteiger partial charge in [0.1, 0.15) is 12.4 Å². The lowest BCUT2D eigenvalue weighted by molar-refractivity contribution is -0.325. The molecule has 0 bridgehead atoms. The van der Waals surface area contributed by atoms with Crippen LogP contribution in [0, 0.1) is 0 Å². The molecule has 6 heteroatoms. The average Bonchev–Trinajstić information content (AvgIpc) is 2.32. The molecule has 1 aromatic rings. The molecule has 1 rings (SSSR count). The van der Waals surface area contributed by atoms with Crippen molar-refractivity contribution in [1.82, 2.24) is 0 Å². The molecule has 0 spiro atoms. The second kappa shape index (κ2) is 7.35. The smallest absolute Gasteiger partial charge is 0.491 e. The molecule has 0 aromatic heterocycles. The van der Waals surface area contributed by atoms with Crippen LogP contribution in [-0.2, 0) is 11.2 Å². The van der Waals surface area contributed by atoms with Gasteiger partial charge in [-0.2, -0.15) is 0 Å². The van der Waals surface area contributed by atoms with Crippen molar-refractivity contribution >= 4 is 0 Å². The van der Waals surface area contributed by atoms with Gasteiger partial charge in [0.2, 0.25) is 0 Å². The van der Waals surface area contributed by atoms with Crippen LogP contribution in [0.15, 0.2) is 24.3 Å². The third-order valence-corrected chi connectivity index (χ3v) is 2.39. The highest BCUT2D eigenvalue weighted by molar-refractivity contribution is 5.27. The van der Waals surface area contributed by atoms with E-state index in [9.17, 15) is 13.2 Å². The molecule has 0 radical (unpaired) electrons. The normalized spacial score (nSPS) is 13.3. The number of hydrogen-bond acceptors (Lipinski definition) is 3. The van der Waals surface area contributed by atoms with E-state index in [4.69, 9.17) is 9.84 Å². The number of benzene rings is 1. The fourth-order valence-corrected chi connectivity index (χ4v) is 1.44. The second-order valence-electron chi connectivity index (χ2n) is 4.17. The molecule has 3 nitrogen and oxygen atoms in total. The minimum absolute atomic E-state index is 0.160. The van der Waals surface area contributed by atoms with Crippen molar-refractivity contribution in [2.24, 2.45) is 0 Å². The number of aliphatic hydroxyl groups excluding tert-OH is 1. The van der Waals surface area contributed by atoms with Gasteiger partial charge in [-0.05, 0) is 37.5 Å². The summed E-state index contributed by atoms with van der Waals surface area (Å²) in [7, 11) is 0. The zero-order valence-corrected chi connectivity index (χ0v) is 10.6. The molecule has 19 heavy (non-hydrogen) atoms. The van der Waals surface area contributed by atoms with E-state index in [1.54, 1.807) is 19.1 Å². The molecule has 1 unspecified atom stereocenters. The molecule has 1 N–H and O–H groups in total. The number of halogens is 3. The quantitative estimate of drug-likeness (QED) is 0.779. The van der Waals surface area contributed by atoms with E-state index in [0.717, 1.165) is 12.0 Å². The van der Waals surface area contributed by atoms with Crippen LogP contribution < -0.4 is 4.74 Å². The van der Waals surface area contributed by atoms with Gasteiger partial charge in [-0.3, -0.25) is 4.74 Å². The van der Waals surface area contributed by atoms with E-state index in [0.29, 0.717) is 12.2 Å². The first-order chi connectivity index (χ1) is 8.87. The standard InChI is InChI=1S/C13H17F3O3/c1-10(17)2-3-11-4-6-12(7-5-11)18-8-9-19-13(14,15)16/h4-7,10,17H,2-3,8-9H2,1H3. The van der Waals surface area contributed by atoms with Crippen molar-refractivity contribution in [3.63, 3.8) is 0 Å². The lowest BCUT2D eigenvalue weighted by Crippen LogP contribution is -2.18. The Balaban J connectivity index is 2.28. The molecule has 1 atom stereocenters. The van der Waals surface area contributed by atoms with Crippen molar-refractivity contribution < 1.29 is 27.8 Å². The summed E-state index contributed by atoms with van der Waals surface area (Å²) in [5, 5.41) is 9.15. The summed E-state index contributed by atoms with van der Waals surface area (Å²) in [6.45, 7) is 1.03. The van der Waals surface area contributed by atoms with E-state index in [2.05, 4.69) is 4.74 Å². The lowest BCUT2D eigenvalue weighted by atomic mass is 10.1. The van der Waals surface area contributed by atoms with Crippen molar-refractivity contribution in [3.8, 4) is 5.75 Å². The lowest BCUT2D eigenvalue weighted by Gasteiger charge is -2.09. The van der Waals surface area contributed by atoms with Crippen molar-refractivity contribution in [2.45, 2.75) is 32.2 Å². The van der Waals surface area contributed by atoms with Crippen LogP contribution in [0.5, 0.6) is 5.75 Å². The predicted molar refractivity (Wildman–Crippen MR) is 63.9 cm³/mol. The van der Waals surface area contributed by atoms with Crippen molar-refractivity contribution in [3.05, 3.63) is 29.8 Å². The van der Waals surface area contributed by atoms with Gasteiger partial charge in [0.05, 0.1) is 12.7 Å². The molecule has 0 fully saturated rings. The summed E-state index contributed by atoms with van der Waals surface area (Å²) >= 11 is 0. The molecule has 0 amide bonds. The number of ether oxygens (including phenoxy) is 2. The van der Waals surface area contributed by atoms with E-state index in [1.807, 2.05) is 12.1 Å². The zero-order valence-electron chi connectivity index (χ0n) is 10.6. The van der Waals surface area contributed by atoms with Gasteiger partial charge in [-0.15, -0.1) is 13.2 Å². The molecular formula is C13H17F3O3. The number of aliphatic hydroxyl groups is 1. The second-order valence-corrected chi connectivity index (χ2v) is 4.17. The molecule has 108 valence electrons. The van der Waals surface area contributed by atoms with E-state index in [-0.39, 0.29) is 12.7 Å². The van der Waals surface area contributed by atoms with Gasteiger partial charge < -0.3 is 9.84 Å². The minimum atomic E-state index is -4.62. The fraction of sp³-hybridized carbons (Fsp3) is 0.538. The molecule has 0 aliphatic heterocycles. The van der Waals surface area contributed by atoms with Gasteiger partial charge in [0.15, 0.2) is 0 Å². The van der Waals surface area contributed by atoms with Crippen LogP contribution in [0.4, 0.5) is 13.2 Å². The molecule has 0 aliphatic rings. The maximum atomic E-state index is 11.7. The first kappa shape index (κ1) is 15.8. The maximum absolute atomic E-state index is 11.7. The SMILES string of the molecule is CC(O)CCc1ccc(OCCOC(F)(F)F)cc1. The van der Waals surface area contributed by atoms with Crippen LogP contribution in [0.25, 0.3) is 0 Å². The molecular weight excluding hydrogens is 261 g/mol. The summed E-state index contributed by atoms with van der Waals surface area (Å²) in [5.41, 5.74) is 1.04. The Morgan fingerprint density at radius 1 is 1.16 bits per heavy atom. The van der Waals surface area contributed by atoms with E-state index < -0.39 is 13.0 Å².